The van der Waals surface area contributed by atoms with Gasteiger partial charge in [0.15, 0.2) is 0 Å². The normalized spacial score (nSPS) is 16.2. The van der Waals surface area contributed by atoms with E-state index in [9.17, 15) is 0 Å². The number of anilines is 2. The molecule has 0 bridgehead atoms. The maximum Gasteiger partial charge on any atom is 0.135 e. The van der Waals surface area contributed by atoms with Crippen molar-refractivity contribution in [3.63, 3.8) is 0 Å². The zero-order chi connectivity index (χ0) is 18.2. The lowest BCUT2D eigenvalue weighted by Gasteiger charge is -2.44. The summed E-state index contributed by atoms with van der Waals surface area (Å²) in [5.74, 6) is 3.13. The highest BCUT2D eigenvalue weighted by atomic mass is 15.3. The Labute approximate surface area is 151 Å². The minimum absolute atomic E-state index is 0.0199. The van der Waals surface area contributed by atoms with Gasteiger partial charge in [-0.2, -0.15) is 0 Å². The van der Waals surface area contributed by atoms with Gasteiger partial charge < -0.3 is 10.2 Å². The molecule has 0 saturated carbocycles. The smallest absolute Gasteiger partial charge is 0.135 e. The van der Waals surface area contributed by atoms with Gasteiger partial charge in [-0.1, -0.05) is 38.1 Å². The molecule has 1 aliphatic heterocycles. The second-order valence-electron chi connectivity index (χ2n) is 8.27. The van der Waals surface area contributed by atoms with E-state index < -0.39 is 0 Å². The third-order valence-corrected chi connectivity index (χ3v) is 4.76. The average Bonchev–Trinajstić information content (AvgIpc) is 2.52. The van der Waals surface area contributed by atoms with Crippen LogP contribution in [0.4, 0.5) is 11.6 Å². The molecule has 0 atom stereocenters. The lowest BCUT2D eigenvalue weighted by atomic mass is 9.85. The van der Waals surface area contributed by atoms with Gasteiger partial charge in [0.05, 0.1) is 0 Å². The Morgan fingerprint density at radius 1 is 1.04 bits per heavy atom. The van der Waals surface area contributed by atoms with Crippen LogP contribution >= 0.6 is 0 Å². The fourth-order valence-corrected chi connectivity index (χ4v) is 3.44. The Kier molecular flexibility index (Phi) is 4.72. The third-order valence-electron chi connectivity index (χ3n) is 4.76. The Morgan fingerprint density at radius 2 is 1.72 bits per heavy atom. The van der Waals surface area contributed by atoms with Crippen molar-refractivity contribution in [2.45, 2.75) is 72.0 Å². The molecule has 4 heteroatoms. The topological polar surface area (TPSA) is 41.0 Å². The van der Waals surface area contributed by atoms with Gasteiger partial charge in [0, 0.05) is 30.1 Å². The van der Waals surface area contributed by atoms with Gasteiger partial charge in [-0.3, -0.25) is 0 Å². The fourth-order valence-electron chi connectivity index (χ4n) is 3.44. The molecule has 1 aromatic carbocycles. The van der Waals surface area contributed by atoms with Crippen molar-refractivity contribution < 1.29 is 0 Å². The molecule has 2 aromatic rings. The number of nitrogens with zero attached hydrogens (tertiary/aromatic N) is 3. The zero-order valence-corrected chi connectivity index (χ0v) is 16.3. The lowest BCUT2D eigenvalue weighted by Crippen LogP contribution is -2.49. The molecular formula is C21H30N4. The lowest BCUT2D eigenvalue weighted by molar-refractivity contribution is 0.426. The van der Waals surface area contributed by atoms with Gasteiger partial charge in [-0.25, -0.2) is 9.97 Å². The van der Waals surface area contributed by atoms with Crippen LogP contribution in [0.1, 0.15) is 64.4 Å². The summed E-state index contributed by atoms with van der Waals surface area (Å²) in [6.45, 7) is 14.1. The van der Waals surface area contributed by atoms with Crippen molar-refractivity contribution in [3.8, 4) is 0 Å². The predicted octanol–water partition coefficient (Wildman–Crippen LogP) is 4.76. The number of hydrogen-bond acceptors (Lipinski definition) is 4. The molecule has 0 fully saturated rings. The minimum Gasteiger partial charge on any atom is -0.368 e. The highest BCUT2D eigenvalue weighted by molar-refractivity contribution is 5.54. The molecule has 134 valence electrons. The molecule has 1 aromatic heterocycles. The SMILES string of the molecule is CC(C)Nc1cc(N2Cc3ccccc3CC2(C)C)nc(C(C)C)n1. The van der Waals surface area contributed by atoms with E-state index in [0.717, 1.165) is 30.4 Å². The first-order valence-electron chi connectivity index (χ1n) is 9.26. The summed E-state index contributed by atoms with van der Waals surface area (Å²) >= 11 is 0. The number of fused-ring (bicyclic) bond motifs is 1. The average molecular weight is 338 g/mol. The summed E-state index contributed by atoms with van der Waals surface area (Å²) < 4.78 is 0. The fraction of sp³-hybridized carbons (Fsp3) is 0.524. The van der Waals surface area contributed by atoms with Crippen molar-refractivity contribution >= 4 is 11.6 Å². The summed E-state index contributed by atoms with van der Waals surface area (Å²) in [4.78, 5) is 12.0. The van der Waals surface area contributed by atoms with E-state index in [1.807, 2.05) is 0 Å². The number of nitrogens with one attached hydrogen (secondary N) is 1. The largest absolute Gasteiger partial charge is 0.368 e. The van der Waals surface area contributed by atoms with Gasteiger partial charge >= 0.3 is 0 Å². The van der Waals surface area contributed by atoms with Crippen LogP contribution in [-0.4, -0.2) is 21.5 Å². The van der Waals surface area contributed by atoms with E-state index in [4.69, 9.17) is 9.97 Å². The third kappa shape index (κ3) is 3.78. The van der Waals surface area contributed by atoms with E-state index in [1.165, 1.54) is 11.1 Å². The molecule has 3 rings (SSSR count). The van der Waals surface area contributed by atoms with E-state index in [0.29, 0.717) is 12.0 Å². The van der Waals surface area contributed by atoms with Crippen molar-refractivity contribution in [2.75, 3.05) is 10.2 Å². The summed E-state index contributed by atoms with van der Waals surface area (Å²) in [5, 5.41) is 3.45. The van der Waals surface area contributed by atoms with Gasteiger partial charge in [0.2, 0.25) is 0 Å². The Bertz CT molecular complexity index is 749. The van der Waals surface area contributed by atoms with Crippen LogP contribution in [0, 0.1) is 0 Å². The highest BCUT2D eigenvalue weighted by Gasteiger charge is 2.34. The standard InChI is InChI=1S/C21H30N4/c1-14(2)20-23-18(22-15(3)4)11-19(24-20)25-13-17-10-8-7-9-16(17)12-21(25,5)6/h7-11,14-15H,12-13H2,1-6H3,(H,22,23,24). The monoisotopic (exact) mass is 338 g/mol. The van der Waals surface area contributed by atoms with Gasteiger partial charge in [-0.05, 0) is 45.2 Å². The molecule has 25 heavy (non-hydrogen) atoms. The maximum atomic E-state index is 4.91. The van der Waals surface area contributed by atoms with Crippen LogP contribution in [0.25, 0.3) is 0 Å². The van der Waals surface area contributed by atoms with Crippen LogP contribution in [0.3, 0.4) is 0 Å². The van der Waals surface area contributed by atoms with Crippen LogP contribution < -0.4 is 10.2 Å². The van der Waals surface area contributed by atoms with E-state index in [2.05, 4.69) is 82.1 Å². The Hall–Kier alpha value is -2.10. The summed E-state index contributed by atoms with van der Waals surface area (Å²) in [5.41, 5.74) is 2.86. The first kappa shape index (κ1) is 17.7. The molecule has 0 amide bonds. The maximum absolute atomic E-state index is 4.91. The van der Waals surface area contributed by atoms with Gasteiger partial charge in [0.25, 0.3) is 0 Å². The van der Waals surface area contributed by atoms with Crippen LogP contribution in [0.15, 0.2) is 30.3 Å². The second kappa shape index (κ2) is 6.66. The molecule has 1 aliphatic rings. The molecule has 0 radical (unpaired) electrons. The number of rotatable bonds is 4. The number of aromatic nitrogens is 2. The van der Waals surface area contributed by atoms with E-state index in [1.54, 1.807) is 0 Å². The van der Waals surface area contributed by atoms with Gasteiger partial charge in [0.1, 0.15) is 17.5 Å². The van der Waals surface area contributed by atoms with Crippen LogP contribution in [-0.2, 0) is 13.0 Å². The Balaban J connectivity index is 2.03. The summed E-state index contributed by atoms with van der Waals surface area (Å²) in [7, 11) is 0. The summed E-state index contributed by atoms with van der Waals surface area (Å²) in [6.07, 6.45) is 1.02. The number of benzene rings is 1. The Morgan fingerprint density at radius 3 is 2.36 bits per heavy atom. The second-order valence-corrected chi connectivity index (χ2v) is 8.27. The molecule has 2 heterocycles. The summed E-state index contributed by atoms with van der Waals surface area (Å²) in [6, 6.07) is 11.2. The molecule has 0 spiro atoms. The molecule has 1 N–H and O–H groups in total. The van der Waals surface area contributed by atoms with Crippen LogP contribution in [0.2, 0.25) is 0 Å². The highest BCUT2D eigenvalue weighted by Crippen LogP contribution is 2.35. The molecule has 0 saturated heterocycles. The zero-order valence-electron chi connectivity index (χ0n) is 16.3. The molecule has 4 nitrogen and oxygen atoms in total. The first-order valence-corrected chi connectivity index (χ1v) is 9.26. The van der Waals surface area contributed by atoms with Crippen molar-refractivity contribution in [3.05, 3.63) is 47.3 Å². The van der Waals surface area contributed by atoms with Gasteiger partial charge in [-0.15, -0.1) is 0 Å². The van der Waals surface area contributed by atoms with Crippen molar-refractivity contribution in [2.24, 2.45) is 0 Å². The quantitative estimate of drug-likeness (QED) is 0.872. The van der Waals surface area contributed by atoms with Crippen molar-refractivity contribution in [1.29, 1.82) is 0 Å². The minimum atomic E-state index is 0.0199. The molecular weight excluding hydrogens is 308 g/mol. The number of hydrogen-bond donors (Lipinski definition) is 1. The van der Waals surface area contributed by atoms with Crippen molar-refractivity contribution in [1.82, 2.24) is 9.97 Å². The van der Waals surface area contributed by atoms with Crippen LogP contribution in [0.5, 0.6) is 0 Å². The molecule has 0 aliphatic carbocycles. The van der Waals surface area contributed by atoms with E-state index >= 15 is 0 Å². The molecule has 0 unspecified atom stereocenters. The van der Waals surface area contributed by atoms with E-state index in [-0.39, 0.29) is 5.54 Å². The first-order chi connectivity index (χ1) is 11.8. The predicted molar refractivity (Wildman–Crippen MR) is 105 cm³/mol.